The van der Waals surface area contributed by atoms with E-state index in [1.54, 1.807) is 52.8 Å². The largest absolute Gasteiger partial charge is 0.384 e. The monoisotopic (exact) mass is 1130 g/mol. The van der Waals surface area contributed by atoms with Gasteiger partial charge in [-0.2, -0.15) is 0 Å². The Labute approximate surface area is 471 Å². The van der Waals surface area contributed by atoms with Gasteiger partial charge >= 0.3 is 0 Å². The maximum atomic E-state index is 14.3. The Kier molecular flexibility index (Phi) is 26.1. The molecule has 0 radical (unpaired) electrons. The number of nitrogens with zero attached hydrogens (tertiary/aromatic N) is 1. The van der Waals surface area contributed by atoms with Crippen molar-refractivity contribution in [3.63, 3.8) is 0 Å². The molecule has 0 bridgehead atoms. The molecule has 0 aliphatic carbocycles. The van der Waals surface area contributed by atoms with Gasteiger partial charge in [0.05, 0.1) is 17.5 Å². The van der Waals surface area contributed by atoms with E-state index in [9.17, 15) is 46.8 Å². The second-order valence-corrected chi connectivity index (χ2v) is 23.2. The molecule has 24 heteroatoms. The number of fused-ring (bicyclic) bond motifs is 2. The SMILES string of the molecule is CCC(C)[C@H](NC(=O)[C@@H](NC(=O)[C@H](CCCCN)NC(=O)[C@@H](NC(=O)[C@H](CCC(=O)NCCCCNS(=O)(=O)c1cccc2c(N(C)C)cccc12)NC(=O)[C@@H](N)CC1CNc2ccccc21)C(C)C)C(C)C)C(=O)NCC(N)=O. The minimum atomic E-state index is -3.87. The first-order valence-corrected chi connectivity index (χ1v) is 29.2. The smallest absolute Gasteiger partial charge is 0.243 e. The number of unbranched alkanes of at least 4 members (excludes halogenated alkanes) is 2. The number of nitrogens with two attached hydrogens (primary N) is 3. The predicted molar refractivity (Wildman–Crippen MR) is 309 cm³/mol. The van der Waals surface area contributed by atoms with Crippen molar-refractivity contribution in [3.05, 3.63) is 66.2 Å². The lowest BCUT2D eigenvalue weighted by atomic mass is 9.93. The molecule has 1 heterocycles. The summed E-state index contributed by atoms with van der Waals surface area (Å²) in [7, 11) is -0.0994. The van der Waals surface area contributed by atoms with Crippen LogP contribution >= 0.6 is 0 Å². The number of anilines is 2. The van der Waals surface area contributed by atoms with E-state index in [4.69, 9.17) is 17.2 Å². The van der Waals surface area contributed by atoms with E-state index in [1.807, 2.05) is 68.4 Å². The molecule has 0 aromatic heterocycles. The number of benzene rings is 3. The molecule has 0 saturated heterocycles. The molecule has 1 aliphatic rings. The minimum Gasteiger partial charge on any atom is -0.384 e. The highest BCUT2D eigenvalue weighted by Crippen LogP contribution is 2.34. The van der Waals surface area contributed by atoms with E-state index >= 15 is 0 Å². The van der Waals surface area contributed by atoms with Crippen molar-refractivity contribution in [2.45, 2.75) is 146 Å². The molecular weight excluding hydrogens is 1050 g/mol. The molecule has 4 rings (SSSR count). The number of rotatable bonds is 34. The van der Waals surface area contributed by atoms with Gasteiger partial charge < -0.3 is 64.6 Å². The van der Waals surface area contributed by atoms with Crippen LogP contribution in [0, 0.1) is 17.8 Å². The Morgan fingerprint density at radius 1 is 0.662 bits per heavy atom. The Morgan fingerprint density at radius 2 is 1.25 bits per heavy atom. The summed E-state index contributed by atoms with van der Waals surface area (Å²) in [6, 6.07) is 11.2. The second kappa shape index (κ2) is 31.8. The molecule has 3 aromatic carbocycles. The van der Waals surface area contributed by atoms with Crippen LogP contribution in [0.4, 0.5) is 11.4 Å². The number of sulfonamides is 1. The summed E-state index contributed by atoms with van der Waals surface area (Å²) in [6.45, 7) is 11.1. The Morgan fingerprint density at radius 3 is 1.88 bits per heavy atom. The van der Waals surface area contributed by atoms with Crippen molar-refractivity contribution in [1.29, 1.82) is 0 Å². The average molecular weight is 1130 g/mol. The second-order valence-electron chi connectivity index (χ2n) is 21.4. The van der Waals surface area contributed by atoms with Gasteiger partial charge in [-0.25, -0.2) is 13.1 Å². The lowest BCUT2D eigenvalue weighted by molar-refractivity contribution is -0.136. The van der Waals surface area contributed by atoms with Crippen LogP contribution in [-0.2, 0) is 48.4 Å². The summed E-state index contributed by atoms with van der Waals surface area (Å²) in [4.78, 5) is 110. The van der Waals surface area contributed by atoms with Crippen molar-refractivity contribution in [2.24, 2.45) is 35.0 Å². The van der Waals surface area contributed by atoms with Gasteiger partial charge in [0.25, 0.3) is 0 Å². The van der Waals surface area contributed by atoms with Crippen LogP contribution in [0.2, 0.25) is 0 Å². The van der Waals surface area contributed by atoms with Crippen molar-refractivity contribution >= 4 is 79.4 Å². The summed E-state index contributed by atoms with van der Waals surface area (Å²) in [5, 5.41) is 23.6. The summed E-state index contributed by atoms with van der Waals surface area (Å²) in [6.07, 6.45) is 2.15. The number of primary amides is 1. The molecule has 0 spiro atoms. The Bertz CT molecular complexity index is 2720. The highest BCUT2D eigenvalue weighted by Gasteiger charge is 2.36. The van der Waals surface area contributed by atoms with Crippen molar-refractivity contribution in [2.75, 3.05) is 57.0 Å². The summed E-state index contributed by atoms with van der Waals surface area (Å²) in [5.41, 5.74) is 20.3. The standard InChI is InChI=1S/C56H87N13O10S/c1-9-35(6)50(54(75)62-32-46(59)70)68-56(77)49(34(4)5)67-52(73)42(22-12-13-27-57)65-55(76)48(33(2)3)66-53(74)43(64-51(72)40(58)30-36-31-61-41-21-11-10-18-37(36)41)25-26-47(71)60-28-14-15-29-63-80(78,79)45-24-17-19-38-39(45)20-16-23-44(38)69(7)8/h10-11,16-21,23-24,33-36,40,42-43,48-50,61,63H,9,12-15,22,25-32,57-58H2,1-8H3,(H2,59,70)(H,60,71)(H,62,75)(H,64,72)(H,65,76)(H,66,74)(H,67,73)(H,68,77)/t35?,36?,40-,42-,43-,48-,49-,50-/m0/s1. The van der Waals surface area contributed by atoms with Crippen LogP contribution < -0.4 is 69.4 Å². The molecule has 0 fully saturated rings. The Balaban J connectivity index is 1.45. The zero-order valence-corrected chi connectivity index (χ0v) is 48.4. The third kappa shape index (κ3) is 19.4. The summed E-state index contributed by atoms with van der Waals surface area (Å²) < 4.78 is 29.5. The molecule has 23 nitrogen and oxygen atoms in total. The van der Waals surface area contributed by atoms with Crippen LogP contribution in [0.1, 0.15) is 111 Å². The lowest BCUT2D eigenvalue weighted by Gasteiger charge is -2.30. The van der Waals surface area contributed by atoms with Crippen LogP contribution in [0.25, 0.3) is 10.8 Å². The van der Waals surface area contributed by atoms with E-state index < -0.39 is 112 Å². The minimum absolute atomic E-state index is 0.0910. The highest BCUT2D eigenvalue weighted by molar-refractivity contribution is 7.89. The molecule has 0 saturated carbocycles. The number of para-hydroxylation sites is 1. The Hall–Kier alpha value is -6.89. The first kappa shape index (κ1) is 65.6. The number of amides is 8. The average Bonchev–Trinajstić information content (AvgIpc) is 3.94. The number of carbonyl (C=O) groups excluding carboxylic acids is 8. The highest BCUT2D eigenvalue weighted by atomic mass is 32.2. The predicted octanol–water partition coefficient (Wildman–Crippen LogP) is 1.30. The van der Waals surface area contributed by atoms with Gasteiger partial charge in [0, 0.05) is 68.2 Å². The van der Waals surface area contributed by atoms with E-state index in [0.717, 1.165) is 22.3 Å². The van der Waals surface area contributed by atoms with E-state index in [2.05, 4.69) is 47.3 Å². The number of hydrogen-bond donors (Lipinski definition) is 12. The summed E-state index contributed by atoms with van der Waals surface area (Å²) >= 11 is 0. The normalized spacial score (nSPS) is 15.7. The fraction of sp³-hybridized carbons (Fsp3) is 0.571. The van der Waals surface area contributed by atoms with Gasteiger partial charge in [0.1, 0.15) is 30.2 Å². The number of nitrogens with one attached hydrogen (secondary N) is 9. The van der Waals surface area contributed by atoms with E-state index in [0.29, 0.717) is 50.6 Å². The van der Waals surface area contributed by atoms with Gasteiger partial charge in [0.15, 0.2) is 0 Å². The molecule has 8 atom stereocenters. The fourth-order valence-corrected chi connectivity index (χ4v) is 10.7. The molecule has 442 valence electrons. The van der Waals surface area contributed by atoms with Gasteiger partial charge in [0.2, 0.25) is 57.3 Å². The van der Waals surface area contributed by atoms with E-state index in [1.165, 1.54) is 0 Å². The van der Waals surface area contributed by atoms with Gasteiger partial charge in [-0.05, 0) is 93.0 Å². The topological polar surface area (TPSA) is 360 Å². The third-order valence-corrected chi connectivity index (χ3v) is 15.8. The lowest BCUT2D eigenvalue weighted by Crippen LogP contribution is -2.61. The molecule has 15 N–H and O–H groups in total. The molecule has 8 amide bonds. The van der Waals surface area contributed by atoms with Crippen molar-refractivity contribution in [1.82, 2.24) is 41.9 Å². The zero-order valence-electron chi connectivity index (χ0n) is 47.6. The van der Waals surface area contributed by atoms with Crippen molar-refractivity contribution in [3.8, 4) is 0 Å². The number of hydrogen-bond acceptors (Lipinski definition) is 14. The van der Waals surface area contributed by atoms with Crippen molar-refractivity contribution < 1.29 is 46.8 Å². The zero-order chi connectivity index (χ0) is 59.3. The number of carbonyl (C=O) groups is 8. The fourth-order valence-electron chi connectivity index (χ4n) is 9.37. The maximum absolute atomic E-state index is 14.3. The first-order valence-electron chi connectivity index (χ1n) is 27.7. The van der Waals surface area contributed by atoms with E-state index in [-0.39, 0.29) is 55.5 Å². The van der Waals surface area contributed by atoms with Crippen LogP contribution in [0.3, 0.4) is 0 Å². The maximum Gasteiger partial charge on any atom is 0.243 e. The van der Waals surface area contributed by atoms with Gasteiger partial charge in [-0.1, -0.05) is 90.4 Å². The van der Waals surface area contributed by atoms with Crippen LogP contribution in [0.5, 0.6) is 0 Å². The van der Waals surface area contributed by atoms with Gasteiger partial charge in [-0.3, -0.25) is 38.4 Å². The molecular formula is C56H87N13O10S. The molecule has 1 aliphatic heterocycles. The quantitative estimate of drug-likeness (QED) is 0.0375. The first-order chi connectivity index (χ1) is 37.9. The van der Waals surface area contributed by atoms with Crippen LogP contribution in [-0.4, -0.2) is 139 Å². The molecule has 3 aromatic rings. The van der Waals surface area contributed by atoms with Gasteiger partial charge in [-0.15, -0.1) is 0 Å². The van der Waals surface area contributed by atoms with Crippen LogP contribution in [0.15, 0.2) is 65.6 Å². The molecule has 80 heavy (non-hydrogen) atoms. The summed E-state index contributed by atoms with van der Waals surface area (Å²) in [5.74, 6) is -6.89. The third-order valence-electron chi connectivity index (χ3n) is 14.3. The molecule has 2 unspecified atom stereocenters.